The van der Waals surface area contributed by atoms with Gasteiger partial charge in [0, 0.05) is 5.56 Å². The SMILES string of the molecule is Cc1ccc(C(C)C)c(N2C(=O)CS/C2=N\C(=O)NC(C)Oc2ccc(-c3ncn(-c4ccc(OC(F)(F)F)cc4)n3)cc2)c1. The second-order valence-electron chi connectivity index (χ2n) is 10.4. The first-order chi connectivity index (χ1) is 21.4. The van der Waals surface area contributed by atoms with E-state index in [1.165, 1.54) is 51.9 Å². The summed E-state index contributed by atoms with van der Waals surface area (Å²) in [6.07, 6.45) is -4.07. The molecule has 14 heteroatoms. The zero-order chi connectivity index (χ0) is 32.3. The van der Waals surface area contributed by atoms with Gasteiger partial charge in [0.25, 0.3) is 0 Å². The highest BCUT2D eigenvalue weighted by Gasteiger charge is 2.33. The highest BCUT2D eigenvalue weighted by Crippen LogP contribution is 2.34. The van der Waals surface area contributed by atoms with Crippen molar-refractivity contribution in [1.29, 1.82) is 0 Å². The number of carbonyl (C=O) groups excluding carboxylic acids is 2. The molecule has 1 aliphatic rings. The molecule has 1 N–H and O–H groups in total. The Morgan fingerprint density at radius 2 is 1.71 bits per heavy atom. The summed E-state index contributed by atoms with van der Waals surface area (Å²) in [7, 11) is 0. The minimum absolute atomic E-state index is 0.142. The number of ether oxygens (including phenoxy) is 2. The molecule has 1 unspecified atom stereocenters. The lowest BCUT2D eigenvalue weighted by Crippen LogP contribution is -2.37. The number of nitrogens with zero attached hydrogens (tertiary/aromatic N) is 5. The molecule has 1 aromatic heterocycles. The van der Waals surface area contributed by atoms with E-state index in [1.807, 2.05) is 39.0 Å². The molecule has 0 saturated carbocycles. The Kier molecular flexibility index (Phi) is 9.14. The summed E-state index contributed by atoms with van der Waals surface area (Å²) < 4.78 is 48.4. The number of aromatic nitrogens is 3. The fraction of sp³-hybridized carbons (Fsp3) is 0.258. The lowest BCUT2D eigenvalue weighted by Gasteiger charge is -2.22. The van der Waals surface area contributed by atoms with Gasteiger partial charge in [0.05, 0.1) is 17.1 Å². The Balaban J connectivity index is 1.20. The number of aryl methyl sites for hydroxylation is 1. The molecule has 0 radical (unpaired) electrons. The van der Waals surface area contributed by atoms with Crippen molar-refractivity contribution in [3.63, 3.8) is 0 Å². The second-order valence-corrected chi connectivity index (χ2v) is 11.4. The molecule has 3 amide bonds. The molecule has 1 atom stereocenters. The summed E-state index contributed by atoms with van der Waals surface area (Å²) in [6, 6.07) is 17.4. The zero-order valence-corrected chi connectivity index (χ0v) is 25.5. The van der Waals surface area contributed by atoms with Gasteiger partial charge in [-0.05, 0) is 85.5 Å². The number of amides is 3. The van der Waals surface area contributed by atoms with Crippen molar-refractivity contribution in [2.75, 3.05) is 10.7 Å². The van der Waals surface area contributed by atoms with E-state index in [2.05, 4.69) is 25.1 Å². The van der Waals surface area contributed by atoms with E-state index in [9.17, 15) is 22.8 Å². The molecule has 3 aromatic carbocycles. The topological polar surface area (TPSA) is 111 Å². The van der Waals surface area contributed by atoms with E-state index in [0.717, 1.165) is 16.8 Å². The third kappa shape index (κ3) is 7.81. The van der Waals surface area contributed by atoms with Gasteiger partial charge in [-0.1, -0.05) is 37.7 Å². The number of aliphatic imine (C=N–C) groups is 1. The van der Waals surface area contributed by atoms with Crippen molar-refractivity contribution in [2.45, 2.75) is 46.2 Å². The van der Waals surface area contributed by atoms with Gasteiger partial charge in [-0.25, -0.2) is 14.5 Å². The number of halogens is 3. The zero-order valence-electron chi connectivity index (χ0n) is 24.7. The molecule has 1 saturated heterocycles. The van der Waals surface area contributed by atoms with E-state index in [0.29, 0.717) is 28.0 Å². The number of hydrogen-bond donors (Lipinski definition) is 1. The van der Waals surface area contributed by atoms with Crippen LogP contribution in [0.1, 0.15) is 37.8 Å². The first kappa shape index (κ1) is 31.6. The van der Waals surface area contributed by atoms with Crippen molar-refractivity contribution in [3.05, 3.63) is 84.2 Å². The van der Waals surface area contributed by atoms with E-state index in [4.69, 9.17) is 4.74 Å². The number of benzene rings is 3. The van der Waals surface area contributed by atoms with E-state index >= 15 is 0 Å². The summed E-state index contributed by atoms with van der Waals surface area (Å²) in [6.45, 7) is 7.69. The highest BCUT2D eigenvalue weighted by atomic mass is 32.2. The summed E-state index contributed by atoms with van der Waals surface area (Å²) >= 11 is 1.21. The van der Waals surface area contributed by atoms with Gasteiger partial charge in [-0.3, -0.25) is 9.69 Å². The molecule has 45 heavy (non-hydrogen) atoms. The van der Waals surface area contributed by atoms with Gasteiger partial charge in [0.2, 0.25) is 5.91 Å². The Morgan fingerprint density at radius 3 is 2.38 bits per heavy atom. The fourth-order valence-electron chi connectivity index (χ4n) is 4.55. The van der Waals surface area contributed by atoms with Gasteiger partial charge in [0.1, 0.15) is 17.8 Å². The lowest BCUT2D eigenvalue weighted by atomic mass is 9.99. The molecule has 234 valence electrons. The van der Waals surface area contributed by atoms with Gasteiger partial charge < -0.3 is 14.8 Å². The maximum Gasteiger partial charge on any atom is 0.573 e. The van der Waals surface area contributed by atoms with Gasteiger partial charge >= 0.3 is 12.4 Å². The van der Waals surface area contributed by atoms with Crippen LogP contribution < -0.4 is 19.7 Å². The molecule has 0 bridgehead atoms. The van der Waals surface area contributed by atoms with Crippen LogP contribution in [0.2, 0.25) is 0 Å². The molecule has 1 fully saturated rings. The first-order valence-corrected chi connectivity index (χ1v) is 14.9. The molecule has 10 nitrogen and oxygen atoms in total. The number of amidine groups is 1. The highest BCUT2D eigenvalue weighted by molar-refractivity contribution is 8.15. The molecule has 4 aromatic rings. The summed E-state index contributed by atoms with van der Waals surface area (Å²) in [4.78, 5) is 35.5. The summed E-state index contributed by atoms with van der Waals surface area (Å²) in [5.74, 6) is 0.729. The molecule has 5 rings (SSSR count). The van der Waals surface area contributed by atoms with Crippen LogP contribution in [0.25, 0.3) is 17.1 Å². The maximum absolute atomic E-state index is 12.8. The van der Waals surface area contributed by atoms with Crippen LogP contribution >= 0.6 is 11.8 Å². The van der Waals surface area contributed by atoms with Gasteiger partial charge in [-0.15, -0.1) is 18.3 Å². The monoisotopic (exact) mass is 638 g/mol. The van der Waals surface area contributed by atoms with Crippen LogP contribution in [0.5, 0.6) is 11.5 Å². The average molecular weight is 639 g/mol. The Labute approximate surface area is 261 Å². The predicted molar refractivity (Wildman–Crippen MR) is 165 cm³/mol. The Morgan fingerprint density at radius 1 is 1.02 bits per heavy atom. The number of urea groups is 1. The largest absolute Gasteiger partial charge is 0.573 e. The van der Waals surface area contributed by atoms with Crippen LogP contribution in [-0.4, -0.2) is 50.2 Å². The van der Waals surface area contributed by atoms with Crippen molar-refractivity contribution in [2.24, 2.45) is 4.99 Å². The minimum Gasteiger partial charge on any atom is -0.471 e. The van der Waals surface area contributed by atoms with Crippen molar-refractivity contribution < 1.29 is 32.2 Å². The maximum atomic E-state index is 12.8. The third-order valence-corrected chi connectivity index (χ3v) is 7.51. The minimum atomic E-state index is -4.77. The standard InChI is InChI=1S/C31H29F3N6O4S/c1-18(2)25-14-5-19(3)15-26(25)40-27(41)16-45-30(40)37-29(42)36-20(4)43-23-10-6-21(7-11-23)28-35-17-39(38-28)22-8-12-24(13-9-22)44-31(32,33)34/h5-15,17-18,20H,16H2,1-4H3,(H,36,42)/b37-30-. The van der Waals surface area contributed by atoms with Crippen molar-refractivity contribution >= 4 is 34.6 Å². The van der Waals surface area contributed by atoms with Gasteiger partial charge in [-0.2, -0.15) is 4.99 Å². The molecule has 1 aliphatic heterocycles. The number of carbonyl (C=O) groups is 2. The van der Waals surface area contributed by atoms with Crippen LogP contribution in [0, 0.1) is 6.92 Å². The predicted octanol–water partition coefficient (Wildman–Crippen LogP) is 6.84. The molecule has 2 heterocycles. The van der Waals surface area contributed by atoms with Crippen LogP contribution in [0.4, 0.5) is 23.7 Å². The molecule has 0 aliphatic carbocycles. The smallest absolute Gasteiger partial charge is 0.471 e. The Hall–Kier alpha value is -4.85. The van der Waals surface area contributed by atoms with E-state index in [-0.39, 0.29) is 23.3 Å². The quantitative estimate of drug-likeness (QED) is 0.211. The van der Waals surface area contributed by atoms with Crippen LogP contribution in [0.3, 0.4) is 0 Å². The van der Waals surface area contributed by atoms with Crippen molar-refractivity contribution in [1.82, 2.24) is 20.1 Å². The number of alkyl halides is 3. The van der Waals surface area contributed by atoms with Crippen LogP contribution in [0.15, 0.2) is 78.0 Å². The lowest BCUT2D eigenvalue weighted by molar-refractivity contribution is -0.274. The number of thioether (sulfide) groups is 1. The van der Waals surface area contributed by atoms with Crippen LogP contribution in [-0.2, 0) is 4.79 Å². The number of hydrogen-bond acceptors (Lipinski definition) is 7. The number of nitrogens with one attached hydrogen (secondary N) is 1. The Bertz CT molecular complexity index is 1720. The number of anilines is 1. The first-order valence-electron chi connectivity index (χ1n) is 13.9. The fourth-order valence-corrected chi connectivity index (χ4v) is 5.41. The van der Waals surface area contributed by atoms with Crippen molar-refractivity contribution in [3.8, 4) is 28.6 Å². The molecular formula is C31H29F3N6O4S. The average Bonchev–Trinajstić information content (AvgIpc) is 3.60. The van der Waals surface area contributed by atoms with E-state index < -0.39 is 18.6 Å². The number of rotatable bonds is 8. The van der Waals surface area contributed by atoms with E-state index in [1.54, 1.807) is 31.2 Å². The summed E-state index contributed by atoms with van der Waals surface area (Å²) in [5.41, 5.74) is 3.87. The molecule has 0 spiro atoms. The van der Waals surface area contributed by atoms with Gasteiger partial charge in [0.15, 0.2) is 17.2 Å². The normalized spacial score (nSPS) is 15.1. The molecular weight excluding hydrogens is 609 g/mol. The third-order valence-electron chi connectivity index (χ3n) is 6.59. The summed E-state index contributed by atoms with van der Waals surface area (Å²) in [5, 5.41) is 7.37. The second kappa shape index (κ2) is 13.0.